The van der Waals surface area contributed by atoms with Gasteiger partial charge >= 0.3 is 39.5 Å². The Morgan fingerprint density at radius 1 is 0.272 bits per heavy atom. The summed E-state index contributed by atoms with van der Waals surface area (Å²) in [7, 11) is -9.91. The van der Waals surface area contributed by atoms with E-state index in [4.69, 9.17) is 37.0 Å². The minimum Gasteiger partial charge on any atom is -0.462 e. The summed E-state index contributed by atoms with van der Waals surface area (Å²) in [5.74, 6) is 0.857. The number of hydrogen-bond acceptors (Lipinski definition) is 15. The van der Waals surface area contributed by atoms with Crippen LogP contribution in [0.15, 0.2) is 0 Å². The lowest BCUT2D eigenvalue weighted by Crippen LogP contribution is -2.30. The number of hydrogen-bond donors (Lipinski definition) is 3. The average molecular weight is 1350 g/mol. The van der Waals surface area contributed by atoms with Crippen LogP contribution in [0.4, 0.5) is 0 Å². The van der Waals surface area contributed by atoms with Crippen molar-refractivity contribution in [3.8, 4) is 0 Å². The molecule has 0 fully saturated rings. The molecule has 0 aliphatic carbocycles. The second-order valence-electron chi connectivity index (χ2n) is 28.2. The van der Waals surface area contributed by atoms with Crippen molar-refractivity contribution in [1.29, 1.82) is 0 Å². The summed E-state index contributed by atoms with van der Waals surface area (Å²) in [5, 5.41) is 10.6. The Labute approximate surface area is 562 Å². The topological polar surface area (TPSA) is 237 Å². The third kappa shape index (κ3) is 66.7. The van der Waals surface area contributed by atoms with Gasteiger partial charge < -0.3 is 33.8 Å². The minimum absolute atomic E-state index is 0.106. The number of carbonyl (C=O) groups is 4. The molecule has 2 unspecified atom stereocenters. The fourth-order valence-corrected chi connectivity index (χ4v) is 12.6. The molecule has 4 atom stereocenters. The zero-order valence-electron chi connectivity index (χ0n) is 60.2. The molecule has 0 aromatic carbocycles. The molecule has 0 aromatic rings. The predicted molar refractivity (Wildman–Crippen MR) is 372 cm³/mol. The highest BCUT2D eigenvalue weighted by molar-refractivity contribution is 7.47. The van der Waals surface area contributed by atoms with Gasteiger partial charge in [0.05, 0.1) is 26.4 Å². The van der Waals surface area contributed by atoms with Crippen molar-refractivity contribution in [2.45, 2.75) is 382 Å². The first-order chi connectivity index (χ1) is 44.1. The van der Waals surface area contributed by atoms with E-state index in [1.165, 1.54) is 154 Å². The zero-order valence-corrected chi connectivity index (χ0v) is 62.0. The maximum Gasteiger partial charge on any atom is 0.472 e. The first kappa shape index (κ1) is 90.1. The lowest BCUT2D eigenvalue weighted by Gasteiger charge is -2.21. The van der Waals surface area contributed by atoms with E-state index in [2.05, 4.69) is 55.4 Å². The third-order valence-corrected chi connectivity index (χ3v) is 18.7. The van der Waals surface area contributed by atoms with Crippen LogP contribution in [0, 0.1) is 23.7 Å². The van der Waals surface area contributed by atoms with E-state index in [0.29, 0.717) is 37.5 Å². The number of esters is 4. The molecule has 0 bridgehead atoms. The molecule has 0 radical (unpaired) electrons. The molecule has 92 heavy (non-hydrogen) atoms. The van der Waals surface area contributed by atoms with Crippen molar-refractivity contribution in [3.63, 3.8) is 0 Å². The van der Waals surface area contributed by atoms with E-state index in [1.54, 1.807) is 0 Å². The Kier molecular flexibility index (Phi) is 61.3. The Bertz CT molecular complexity index is 1690. The molecular formula is C73H142O17P2. The minimum atomic E-state index is -4.95. The van der Waals surface area contributed by atoms with Crippen LogP contribution in [0.25, 0.3) is 0 Å². The third-order valence-electron chi connectivity index (χ3n) is 16.8. The maximum absolute atomic E-state index is 13.0. The lowest BCUT2D eigenvalue weighted by atomic mass is 10.0. The van der Waals surface area contributed by atoms with Gasteiger partial charge in [0.15, 0.2) is 12.2 Å². The Balaban J connectivity index is 5.23. The fraction of sp³-hybridized carbons (Fsp3) is 0.945. The van der Waals surface area contributed by atoms with E-state index in [9.17, 15) is 43.2 Å². The smallest absolute Gasteiger partial charge is 0.462 e. The van der Waals surface area contributed by atoms with E-state index < -0.39 is 97.5 Å². The van der Waals surface area contributed by atoms with Crippen LogP contribution < -0.4 is 0 Å². The van der Waals surface area contributed by atoms with Gasteiger partial charge in [-0.15, -0.1) is 0 Å². The second-order valence-corrected chi connectivity index (χ2v) is 31.1. The van der Waals surface area contributed by atoms with Crippen LogP contribution in [0.5, 0.6) is 0 Å². The molecule has 0 rings (SSSR count). The molecule has 0 amide bonds. The largest absolute Gasteiger partial charge is 0.472 e. The van der Waals surface area contributed by atoms with Gasteiger partial charge in [-0.05, 0) is 49.4 Å². The quantitative estimate of drug-likeness (QED) is 0.0222. The summed E-state index contributed by atoms with van der Waals surface area (Å²) in [6.45, 7) is 14.1. The standard InChI is InChI=1S/C73H142O17P2/c1-63(2)49-41-33-25-19-15-11-9-13-17-21-29-39-47-55-72(77)89-68(59-83-70(75)53-45-37-31-23-27-35-43-51-65(5)6)61-87-91(79,80)85-57-67(74)58-86-92(81,82)88-62-69(60-84-71(76)54-46-38-32-24-28-36-44-52-66(7)8)90-73(78)56-48-40-30-22-18-14-10-12-16-20-26-34-42-50-64(3)4/h63-69,74H,9-62H2,1-8H3,(H,79,80)(H,81,82)/t68-,69-/m1/s1. The molecule has 0 aliphatic rings. The van der Waals surface area contributed by atoms with Gasteiger partial charge in [-0.1, -0.05) is 312 Å². The normalized spacial score (nSPS) is 14.2. The first-order valence-corrected chi connectivity index (χ1v) is 40.7. The number of aliphatic hydroxyl groups excluding tert-OH is 1. The van der Waals surface area contributed by atoms with Crippen molar-refractivity contribution < 1.29 is 80.2 Å². The van der Waals surface area contributed by atoms with Gasteiger partial charge in [0.1, 0.15) is 19.3 Å². The van der Waals surface area contributed by atoms with Gasteiger partial charge in [0.2, 0.25) is 0 Å². The molecule has 0 heterocycles. The summed E-state index contributed by atoms with van der Waals surface area (Å²) >= 11 is 0. The average Bonchev–Trinajstić information content (AvgIpc) is 3.56. The first-order valence-electron chi connectivity index (χ1n) is 37.7. The van der Waals surface area contributed by atoms with E-state index >= 15 is 0 Å². The van der Waals surface area contributed by atoms with Gasteiger partial charge in [-0.2, -0.15) is 0 Å². The number of phosphoric ester groups is 2. The summed E-state index contributed by atoms with van der Waals surface area (Å²) in [4.78, 5) is 72.6. The number of phosphoric acid groups is 2. The molecule has 0 aromatic heterocycles. The van der Waals surface area contributed by atoms with Crippen LogP contribution in [0.3, 0.4) is 0 Å². The molecule has 0 spiro atoms. The van der Waals surface area contributed by atoms with Crippen LogP contribution in [-0.2, 0) is 65.4 Å². The molecule has 3 N–H and O–H groups in total. The molecule has 0 aliphatic heterocycles. The van der Waals surface area contributed by atoms with Gasteiger partial charge in [-0.25, -0.2) is 9.13 Å². The zero-order chi connectivity index (χ0) is 68.2. The molecule has 0 saturated carbocycles. The lowest BCUT2D eigenvalue weighted by molar-refractivity contribution is -0.161. The number of aliphatic hydroxyl groups is 1. The summed E-state index contributed by atoms with van der Waals surface area (Å²) in [6.07, 6.45) is 45.9. The van der Waals surface area contributed by atoms with E-state index in [0.717, 1.165) is 115 Å². The van der Waals surface area contributed by atoms with Crippen LogP contribution in [-0.4, -0.2) is 96.7 Å². The van der Waals surface area contributed by atoms with Crippen LogP contribution in [0.1, 0.15) is 364 Å². The number of carbonyl (C=O) groups excluding carboxylic acids is 4. The molecular weight excluding hydrogens is 1210 g/mol. The van der Waals surface area contributed by atoms with Crippen molar-refractivity contribution >= 4 is 39.5 Å². The summed E-state index contributed by atoms with van der Waals surface area (Å²) < 4.78 is 68.4. The Morgan fingerprint density at radius 3 is 0.674 bits per heavy atom. The summed E-state index contributed by atoms with van der Waals surface area (Å²) in [5.41, 5.74) is 0. The van der Waals surface area contributed by atoms with Crippen molar-refractivity contribution in [2.24, 2.45) is 23.7 Å². The van der Waals surface area contributed by atoms with E-state index in [-0.39, 0.29) is 25.7 Å². The second kappa shape index (κ2) is 62.6. The highest BCUT2D eigenvalue weighted by Crippen LogP contribution is 2.45. The molecule has 17 nitrogen and oxygen atoms in total. The van der Waals surface area contributed by atoms with Gasteiger partial charge in [0, 0.05) is 25.7 Å². The number of ether oxygens (including phenoxy) is 4. The SMILES string of the molecule is CC(C)CCCCCCCCCCCCCCCC(=O)O[C@H](COC(=O)CCCCCCCCCC(C)C)COP(=O)(O)OCC(O)COP(=O)(O)OC[C@@H](COC(=O)CCCCCCCCCC(C)C)OC(=O)CCCCCCCCCCCCCCCC(C)C. The van der Waals surface area contributed by atoms with Crippen molar-refractivity contribution in [1.82, 2.24) is 0 Å². The van der Waals surface area contributed by atoms with Gasteiger partial charge in [-0.3, -0.25) is 37.3 Å². The van der Waals surface area contributed by atoms with Crippen molar-refractivity contribution in [3.05, 3.63) is 0 Å². The Morgan fingerprint density at radius 2 is 0.457 bits per heavy atom. The van der Waals surface area contributed by atoms with Crippen LogP contribution in [0.2, 0.25) is 0 Å². The predicted octanol–water partition coefficient (Wildman–Crippen LogP) is 20.9. The highest BCUT2D eigenvalue weighted by atomic mass is 31.2. The fourth-order valence-electron chi connectivity index (χ4n) is 11.0. The van der Waals surface area contributed by atoms with E-state index in [1.807, 2.05) is 0 Å². The molecule has 0 saturated heterocycles. The van der Waals surface area contributed by atoms with Gasteiger partial charge in [0.25, 0.3) is 0 Å². The van der Waals surface area contributed by atoms with Crippen molar-refractivity contribution in [2.75, 3.05) is 39.6 Å². The summed E-state index contributed by atoms with van der Waals surface area (Å²) in [6, 6.07) is 0. The molecule has 546 valence electrons. The highest BCUT2D eigenvalue weighted by Gasteiger charge is 2.30. The Hall–Kier alpha value is -1.94. The van der Waals surface area contributed by atoms with Crippen LogP contribution >= 0.6 is 15.6 Å². The monoisotopic (exact) mass is 1350 g/mol. The number of rotatable bonds is 70. The molecule has 19 heteroatoms. The number of unbranched alkanes of at least 4 members (excludes halogenated alkanes) is 36. The maximum atomic E-state index is 13.0.